The van der Waals surface area contributed by atoms with Crippen molar-refractivity contribution in [3.8, 4) is 0 Å². The Balaban J connectivity index is 2.90. The van der Waals surface area contributed by atoms with Crippen LogP contribution in [0.3, 0.4) is 0 Å². The summed E-state index contributed by atoms with van der Waals surface area (Å²) in [6.45, 7) is 9.18. The molecule has 1 atom stereocenters. The van der Waals surface area contributed by atoms with Gasteiger partial charge in [0.15, 0.2) is 0 Å². The number of hydrogen-bond acceptors (Lipinski definition) is 1. The Kier molecular flexibility index (Phi) is 6.24. The summed E-state index contributed by atoms with van der Waals surface area (Å²) in [4.78, 5) is 0. The van der Waals surface area contributed by atoms with Crippen LogP contribution in [-0.2, 0) is 0 Å². The molecule has 1 aromatic rings. The van der Waals surface area contributed by atoms with Crippen molar-refractivity contribution >= 4 is 27.5 Å². The molecule has 0 bridgehead atoms. The molecule has 0 aliphatic carbocycles. The topological polar surface area (TPSA) is 12.0 Å². The first-order chi connectivity index (χ1) is 8.04. The summed E-state index contributed by atoms with van der Waals surface area (Å²) < 4.78 is 1.01. The minimum atomic E-state index is 0.257. The van der Waals surface area contributed by atoms with E-state index in [-0.39, 0.29) is 6.04 Å². The van der Waals surface area contributed by atoms with Gasteiger partial charge in [0.05, 0.1) is 0 Å². The van der Waals surface area contributed by atoms with E-state index >= 15 is 0 Å². The van der Waals surface area contributed by atoms with Gasteiger partial charge in [-0.15, -0.1) is 6.58 Å². The van der Waals surface area contributed by atoms with E-state index in [1.165, 1.54) is 0 Å². The Hall–Kier alpha value is -0.310. The van der Waals surface area contributed by atoms with Crippen molar-refractivity contribution in [1.82, 2.24) is 5.32 Å². The van der Waals surface area contributed by atoms with Crippen molar-refractivity contribution in [3.63, 3.8) is 0 Å². The molecule has 0 aliphatic rings. The van der Waals surface area contributed by atoms with Gasteiger partial charge in [0.2, 0.25) is 0 Å². The Bertz CT molecular complexity index is 390. The highest BCUT2D eigenvalue weighted by Gasteiger charge is 2.14. The fraction of sp³-hybridized carbons (Fsp3) is 0.429. The van der Waals surface area contributed by atoms with Crippen LogP contribution in [0.2, 0.25) is 5.02 Å². The molecule has 3 heteroatoms. The summed E-state index contributed by atoms with van der Waals surface area (Å²) in [6.07, 6.45) is 2.03. The highest BCUT2D eigenvalue weighted by atomic mass is 79.9. The van der Waals surface area contributed by atoms with Crippen molar-refractivity contribution < 1.29 is 0 Å². The molecule has 0 aromatic heterocycles. The average Bonchev–Trinajstić information content (AvgIpc) is 2.24. The maximum absolute atomic E-state index is 6.29. The lowest BCUT2D eigenvalue weighted by Crippen LogP contribution is -2.22. The normalized spacial score (nSPS) is 12.5. The third-order valence-corrected chi connectivity index (χ3v) is 3.35. The van der Waals surface area contributed by atoms with Crippen LogP contribution in [0.4, 0.5) is 0 Å². The molecule has 1 nitrogen and oxygen atoms in total. The largest absolute Gasteiger partial charge is 0.310 e. The minimum Gasteiger partial charge on any atom is -0.310 e. The van der Waals surface area contributed by atoms with Gasteiger partial charge in [0.1, 0.15) is 0 Å². The molecule has 17 heavy (non-hydrogen) atoms. The molecule has 0 radical (unpaired) electrons. The third kappa shape index (κ3) is 4.82. The Morgan fingerprint density at radius 2 is 2.24 bits per heavy atom. The summed E-state index contributed by atoms with van der Waals surface area (Å²) >= 11 is 9.71. The highest BCUT2D eigenvalue weighted by Crippen LogP contribution is 2.29. The van der Waals surface area contributed by atoms with Crippen LogP contribution in [-0.4, -0.2) is 6.54 Å². The predicted octanol–water partition coefficient (Wildman–Crippen LogP) is 5.11. The lowest BCUT2D eigenvalue weighted by atomic mass is 10.00. The fourth-order valence-corrected chi connectivity index (χ4v) is 2.55. The number of hydrogen-bond donors (Lipinski definition) is 1. The van der Waals surface area contributed by atoms with Crippen LogP contribution < -0.4 is 5.32 Å². The zero-order valence-electron chi connectivity index (χ0n) is 10.4. The van der Waals surface area contributed by atoms with E-state index in [4.69, 9.17) is 11.6 Å². The second-order valence-corrected chi connectivity index (χ2v) is 5.66. The van der Waals surface area contributed by atoms with Crippen molar-refractivity contribution in [3.05, 3.63) is 45.4 Å². The molecule has 0 heterocycles. The van der Waals surface area contributed by atoms with Crippen LogP contribution in [0.15, 0.2) is 34.8 Å². The monoisotopic (exact) mass is 315 g/mol. The lowest BCUT2D eigenvalue weighted by molar-refractivity contribution is 0.528. The molecule has 1 aromatic carbocycles. The molecule has 0 aliphatic heterocycles. The second-order valence-electron chi connectivity index (χ2n) is 4.33. The second kappa shape index (κ2) is 7.20. The van der Waals surface area contributed by atoms with E-state index in [0.29, 0.717) is 0 Å². The molecule has 0 saturated heterocycles. The van der Waals surface area contributed by atoms with E-state index in [2.05, 4.69) is 40.8 Å². The van der Waals surface area contributed by atoms with Gasteiger partial charge in [-0.05, 0) is 44.0 Å². The van der Waals surface area contributed by atoms with Gasteiger partial charge in [0, 0.05) is 15.5 Å². The highest BCUT2D eigenvalue weighted by molar-refractivity contribution is 9.10. The van der Waals surface area contributed by atoms with Crippen LogP contribution in [0.1, 0.15) is 38.3 Å². The van der Waals surface area contributed by atoms with E-state index in [1.54, 1.807) is 0 Å². The molecule has 94 valence electrons. The Labute approximate surface area is 117 Å². The van der Waals surface area contributed by atoms with Crippen molar-refractivity contribution in [2.45, 2.75) is 32.7 Å². The molecule has 1 unspecified atom stereocenters. The van der Waals surface area contributed by atoms with Crippen LogP contribution in [0, 0.1) is 0 Å². The van der Waals surface area contributed by atoms with E-state index < -0.39 is 0 Å². The van der Waals surface area contributed by atoms with Crippen LogP contribution >= 0.6 is 27.5 Å². The van der Waals surface area contributed by atoms with Gasteiger partial charge in [-0.1, -0.05) is 46.1 Å². The standard InChI is InChI=1S/C14H19BrClN/c1-4-7-17-14(8-10(2)3)12-6-5-11(15)9-13(12)16/h5-6,9,14,17H,2,4,7-8H2,1,3H3. The number of benzene rings is 1. The summed E-state index contributed by atoms with van der Waals surface area (Å²) in [5.74, 6) is 0. The maximum Gasteiger partial charge on any atom is 0.0465 e. The number of rotatable bonds is 6. The summed E-state index contributed by atoms with van der Waals surface area (Å²) in [7, 11) is 0. The van der Waals surface area contributed by atoms with E-state index in [0.717, 1.165) is 40.0 Å². The average molecular weight is 317 g/mol. The zero-order chi connectivity index (χ0) is 12.8. The molecule has 0 saturated carbocycles. The summed E-state index contributed by atoms with van der Waals surface area (Å²) in [6, 6.07) is 6.30. The predicted molar refractivity (Wildman–Crippen MR) is 79.6 cm³/mol. The lowest BCUT2D eigenvalue weighted by Gasteiger charge is -2.20. The first-order valence-corrected chi connectivity index (χ1v) is 7.04. The Morgan fingerprint density at radius 3 is 2.76 bits per heavy atom. The minimum absolute atomic E-state index is 0.257. The quantitative estimate of drug-likeness (QED) is 0.719. The molecule has 1 rings (SSSR count). The van der Waals surface area contributed by atoms with E-state index in [9.17, 15) is 0 Å². The molecule has 0 spiro atoms. The molecular formula is C14H19BrClN. The Morgan fingerprint density at radius 1 is 1.53 bits per heavy atom. The van der Waals surface area contributed by atoms with Crippen LogP contribution in [0.25, 0.3) is 0 Å². The van der Waals surface area contributed by atoms with E-state index in [1.807, 2.05) is 19.1 Å². The molecule has 1 N–H and O–H groups in total. The van der Waals surface area contributed by atoms with Gasteiger partial charge >= 0.3 is 0 Å². The smallest absolute Gasteiger partial charge is 0.0465 e. The van der Waals surface area contributed by atoms with Gasteiger partial charge in [0.25, 0.3) is 0 Å². The van der Waals surface area contributed by atoms with Gasteiger partial charge in [-0.25, -0.2) is 0 Å². The molecular weight excluding hydrogens is 298 g/mol. The molecule has 0 amide bonds. The van der Waals surface area contributed by atoms with Gasteiger partial charge in [-0.3, -0.25) is 0 Å². The fourth-order valence-electron chi connectivity index (χ4n) is 1.74. The first kappa shape index (κ1) is 14.7. The van der Waals surface area contributed by atoms with Crippen LogP contribution in [0.5, 0.6) is 0 Å². The first-order valence-electron chi connectivity index (χ1n) is 5.87. The number of nitrogens with one attached hydrogen (secondary N) is 1. The van der Waals surface area contributed by atoms with Crippen molar-refractivity contribution in [2.75, 3.05) is 6.54 Å². The molecule has 0 fully saturated rings. The van der Waals surface area contributed by atoms with Gasteiger partial charge in [-0.2, -0.15) is 0 Å². The number of halogens is 2. The zero-order valence-corrected chi connectivity index (χ0v) is 12.7. The summed E-state index contributed by atoms with van der Waals surface area (Å²) in [5.41, 5.74) is 2.31. The van der Waals surface area contributed by atoms with Crippen molar-refractivity contribution in [1.29, 1.82) is 0 Å². The maximum atomic E-state index is 6.29. The third-order valence-electron chi connectivity index (χ3n) is 2.53. The SMILES string of the molecule is C=C(C)CC(NCCC)c1ccc(Br)cc1Cl. The van der Waals surface area contributed by atoms with Crippen molar-refractivity contribution in [2.24, 2.45) is 0 Å². The summed E-state index contributed by atoms with van der Waals surface area (Å²) in [5, 5.41) is 4.32. The van der Waals surface area contributed by atoms with Gasteiger partial charge < -0.3 is 5.32 Å².